The molecule has 18 heavy (non-hydrogen) atoms. The van der Waals surface area contributed by atoms with Crippen LogP contribution in [-0.4, -0.2) is 22.4 Å². The molecule has 6 heteroatoms. The summed E-state index contributed by atoms with van der Waals surface area (Å²) in [6, 6.07) is 3.38. The van der Waals surface area contributed by atoms with E-state index in [2.05, 4.69) is 11.2 Å². The largest absolute Gasteiger partial charge is 0.490 e. The third-order valence-electron chi connectivity index (χ3n) is 2.27. The van der Waals surface area contributed by atoms with Crippen molar-refractivity contribution in [1.82, 2.24) is 9.78 Å². The molecule has 0 spiro atoms. The van der Waals surface area contributed by atoms with E-state index in [4.69, 9.17) is 15.7 Å². The van der Waals surface area contributed by atoms with Crippen LogP contribution in [0, 0.1) is 11.3 Å². The molecule has 0 saturated heterocycles. The molecular weight excluding hydrogens is 232 g/mol. The summed E-state index contributed by atoms with van der Waals surface area (Å²) in [7, 11) is 0. The highest BCUT2D eigenvalue weighted by atomic mass is 16.5. The van der Waals surface area contributed by atoms with Crippen molar-refractivity contribution in [2.24, 2.45) is 5.73 Å². The molecule has 0 bridgehead atoms. The van der Waals surface area contributed by atoms with Gasteiger partial charge in [0.25, 0.3) is 5.56 Å². The number of aromatic nitrogens is 2. The maximum Gasteiger partial charge on any atom is 0.270 e. The zero-order chi connectivity index (χ0) is 13.4. The fourth-order valence-electron chi connectivity index (χ4n) is 1.36. The molecule has 0 aromatic carbocycles. The minimum absolute atomic E-state index is 0.0848. The molecule has 0 radical (unpaired) electrons. The summed E-state index contributed by atoms with van der Waals surface area (Å²) in [6.07, 6.45) is 3.55. The van der Waals surface area contributed by atoms with Crippen molar-refractivity contribution in [2.45, 2.75) is 38.8 Å². The lowest BCUT2D eigenvalue weighted by Gasteiger charge is -2.09. The second-order valence-corrected chi connectivity index (χ2v) is 4.16. The first-order valence-electron chi connectivity index (χ1n) is 5.96. The van der Waals surface area contributed by atoms with E-state index in [1.54, 1.807) is 0 Å². The van der Waals surface area contributed by atoms with Gasteiger partial charge in [0, 0.05) is 25.1 Å². The van der Waals surface area contributed by atoms with Gasteiger partial charge in [0.2, 0.25) is 0 Å². The highest BCUT2D eigenvalue weighted by Crippen LogP contribution is 2.04. The fourth-order valence-corrected chi connectivity index (χ4v) is 1.36. The van der Waals surface area contributed by atoms with Crippen molar-refractivity contribution in [3.8, 4) is 11.8 Å². The number of ether oxygens (including phenoxy) is 1. The first-order valence-corrected chi connectivity index (χ1v) is 5.96. The number of aryl methyl sites for hydroxylation is 1. The van der Waals surface area contributed by atoms with Gasteiger partial charge in [-0.15, -0.1) is 0 Å². The third kappa shape index (κ3) is 4.97. The summed E-state index contributed by atoms with van der Waals surface area (Å²) in [4.78, 5) is 11.7. The molecule has 2 N–H and O–H groups in total. The third-order valence-corrected chi connectivity index (χ3v) is 2.27. The molecule has 1 heterocycles. The van der Waals surface area contributed by atoms with Gasteiger partial charge in [0.1, 0.15) is 12.4 Å². The summed E-state index contributed by atoms with van der Waals surface area (Å²) in [5, 5.41) is 12.4. The molecule has 0 amide bonds. The van der Waals surface area contributed by atoms with Gasteiger partial charge in [-0.25, -0.2) is 4.68 Å². The van der Waals surface area contributed by atoms with Gasteiger partial charge in [-0.05, 0) is 19.8 Å². The fraction of sp³-hybridized carbons (Fsp3) is 0.583. The summed E-state index contributed by atoms with van der Waals surface area (Å²) >= 11 is 0. The molecule has 1 unspecified atom stereocenters. The van der Waals surface area contributed by atoms with Crippen molar-refractivity contribution in [3.05, 3.63) is 22.6 Å². The van der Waals surface area contributed by atoms with Crippen LogP contribution in [0.4, 0.5) is 0 Å². The average molecular weight is 250 g/mol. The summed E-state index contributed by atoms with van der Waals surface area (Å²) in [5.41, 5.74) is 5.35. The van der Waals surface area contributed by atoms with Gasteiger partial charge < -0.3 is 10.5 Å². The number of hydrogen-bond acceptors (Lipinski definition) is 5. The lowest BCUT2D eigenvalue weighted by atomic mass is 10.2. The van der Waals surface area contributed by atoms with E-state index in [9.17, 15) is 4.79 Å². The molecule has 0 saturated carbocycles. The standard InChI is InChI=1S/C12H18N4O2/c1-10(14)9-18-11-7-12(17)16(15-8-11)6-4-2-3-5-13/h7-8,10H,2-4,6,9,14H2,1H3. The minimum Gasteiger partial charge on any atom is -0.490 e. The molecule has 1 aromatic rings. The predicted molar refractivity (Wildman–Crippen MR) is 67.1 cm³/mol. The van der Waals surface area contributed by atoms with Crippen LogP contribution in [0.25, 0.3) is 0 Å². The monoisotopic (exact) mass is 250 g/mol. The maximum absolute atomic E-state index is 11.7. The molecule has 1 atom stereocenters. The Kier molecular flexibility index (Phi) is 5.88. The Morgan fingerprint density at radius 1 is 1.61 bits per heavy atom. The van der Waals surface area contributed by atoms with Gasteiger partial charge >= 0.3 is 0 Å². The van der Waals surface area contributed by atoms with Crippen molar-refractivity contribution in [1.29, 1.82) is 5.26 Å². The van der Waals surface area contributed by atoms with Gasteiger partial charge in [0.15, 0.2) is 0 Å². The molecular formula is C12H18N4O2. The predicted octanol–water partition coefficient (Wildman–Crippen LogP) is 0.663. The van der Waals surface area contributed by atoms with Crippen LogP contribution in [0.3, 0.4) is 0 Å². The Hall–Kier alpha value is -1.87. The topological polar surface area (TPSA) is 93.9 Å². The van der Waals surface area contributed by atoms with E-state index in [-0.39, 0.29) is 11.6 Å². The van der Waals surface area contributed by atoms with Crippen LogP contribution in [0.1, 0.15) is 26.2 Å². The van der Waals surface area contributed by atoms with Gasteiger partial charge in [-0.2, -0.15) is 10.4 Å². The number of unbranched alkanes of at least 4 members (excludes halogenated alkanes) is 2. The quantitative estimate of drug-likeness (QED) is 0.717. The van der Waals surface area contributed by atoms with Gasteiger partial charge in [-0.1, -0.05) is 0 Å². The van der Waals surface area contributed by atoms with E-state index < -0.39 is 0 Å². The zero-order valence-electron chi connectivity index (χ0n) is 10.5. The average Bonchev–Trinajstić information content (AvgIpc) is 2.34. The van der Waals surface area contributed by atoms with Crippen LogP contribution in [0.2, 0.25) is 0 Å². The second kappa shape index (κ2) is 7.45. The number of nitrogens with zero attached hydrogens (tertiary/aromatic N) is 3. The number of nitriles is 1. The van der Waals surface area contributed by atoms with Crippen LogP contribution in [-0.2, 0) is 6.54 Å². The van der Waals surface area contributed by atoms with Crippen LogP contribution >= 0.6 is 0 Å². The summed E-state index contributed by atoms with van der Waals surface area (Å²) in [6.45, 7) is 2.70. The number of nitrogens with two attached hydrogens (primary N) is 1. The molecule has 98 valence electrons. The smallest absolute Gasteiger partial charge is 0.270 e. The molecule has 0 aliphatic carbocycles. The van der Waals surface area contributed by atoms with Crippen LogP contribution in [0.5, 0.6) is 5.75 Å². The van der Waals surface area contributed by atoms with E-state index in [1.807, 2.05) is 6.92 Å². The molecule has 1 rings (SSSR count). The van der Waals surface area contributed by atoms with E-state index in [0.29, 0.717) is 25.3 Å². The van der Waals surface area contributed by atoms with Crippen molar-refractivity contribution in [3.63, 3.8) is 0 Å². The minimum atomic E-state index is -0.200. The SMILES string of the molecule is CC(N)COc1cnn(CCCCC#N)c(=O)c1. The van der Waals surface area contributed by atoms with Gasteiger partial charge in [-0.3, -0.25) is 4.79 Å². The number of hydrogen-bond donors (Lipinski definition) is 1. The second-order valence-electron chi connectivity index (χ2n) is 4.16. The Bertz CT molecular complexity index is 462. The Labute approximate surface area is 106 Å². The Morgan fingerprint density at radius 3 is 3.00 bits per heavy atom. The number of rotatable bonds is 7. The first-order chi connectivity index (χ1) is 8.63. The molecule has 6 nitrogen and oxygen atoms in total. The van der Waals surface area contributed by atoms with E-state index in [0.717, 1.165) is 12.8 Å². The molecule has 0 aliphatic heterocycles. The zero-order valence-corrected chi connectivity index (χ0v) is 10.5. The lowest BCUT2D eigenvalue weighted by molar-refractivity contribution is 0.292. The molecule has 1 aromatic heterocycles. The molecule has 0 fully saturated rings. The lowest BCUT2D eigenvalue weighted by Crippen LogP contribution is -2.26. The first kappa shape index (κ1) is 14.2. The summed E-state index contributed by atoms with van der Waals surface area (Å²) < 4.78 is 6.67. The van der Waals surface area contributed by atoms with Crippen LogP contribution < -0.4 is 16.0 Å². The van der Waals surface area contributed by atoms with Crippen LogP contribution in [0.15, 0.2) is 17.1 Å². The Morgan fingerprint density at radius 2 is 2.39 bits per heavy atom. The maximum atomic E-state index is 11.7. The van der Waals surface area contributed by atoms with Crippen molar-refractivity contribution >= 4 is 0 Å². The van der Waals surface area contributed by atoms with E-state index >= 15 is 0 Å². The highest BCUT2D eigenvalue weighted by Gasteiger charge is 2.02. The normalized spacial score (nSPS) is 11.8. The van der Waals surface area contributed by atoms with Crippen molar-refractivity contribution < 1.29 is 4.74 Å². The molecule has 0 aliphatic rings. The Balaban J connectivity index is 2.52. The van der Waals surface area contributed by atoms with Gasteiger partial charge in [0.05, 0.1) is 12.3 Å². The van der Waals surface area contributed by atoms with Crippen molar-refractivity contribution in [2.75, 3.05) is 6.61 Å². The summed E-state index contributed by atoms with van der Waals surface area (Å²) in [5.74, 6) is 0.436. The highest BCUT2D eigenvalue weighted by molar-refractivity contribution is 5.13. The van der Waals surface area contributed by atoms with E-state index in [1.165, 1.54) is 16.9 Å².